The van der Waals surface area contributed by atoms with E-state index >= 15 is 0 Å². The Morgan fingerprint density at radius 2 is 2.06 bits per heavy atom. The summed E-state index contributed by atoms with van der Waals surface area (Å²) in [5.74, 6) is 1.06. The molecule has 1 aliphatic rings. The molecule has 0 amide bonds. The standard InChI is InChI=1S/C15H23NO/c1-11-5-6-13(15(2,3)4)14(9-11)17-12-7-8-16-10-12/h5-6,9,12,16H,7-8,10H2,1-4H3/t12-/m1/s1. The summed E-state index contributed by atoms with van der Waals surface area (Å²) < 4.78 is 6.15. The molecule has 1 aromatic rings. The van der Waals surface area contributed by atoms with Crippen molar-refractivity contribution >= 4 is 0 Å². The first-order chi connectivity index (χ1) is 7.97. The lowest BCUT2D eigenvalue weighted by molar-refractivity contribution is 0.218. The predicted octanol–water partition coefficient (Wildman–Crippen LogP) is 3.03. The third-order valence-corrected chi connectivity index (χ3v) is 3.25. The Morgan fingerprint density at radius 1 is 1.29 bits per heavy atom. The molecule has 1 saturated heterocycles. The van der Waals surface area contributed by atoms with Gasteiger partial charge in [0.1, 0.15) is 11.9 Å². The highest BCUT2D eigenvalue weighted by atomic mass is 16.5. The first kappa shape index (κ1) is 12.4. The second-order valence-electron chi connectivity index (χ2n) is 5.98. The van der Waals surface area contributed by atoms with Gasteiger partial charge in [-0.3, -0.25) is 0 Å². The molecule has 2 nitrogen and oxygen atoms in total. The van der Waals surface area contributed by atoms with Gasteiger partial charge in [0.2, 0.25) is 0 Å². The van der Waals surface area contributed by atoms with Crippen molar-refractivity contribution in [2.75, 3.05) is 13.1 Å². The van der Waals surface area contributed by atoms with Crippen LogP contribution in [0.25, 0.3) is 0 Å². The van der Waals surface area contributed by atoms with E-state index in [9.17, 15) is 0 Å². The molecule has 1 aromatic carbocycles. The Labute approximate surface area is 104 Å². The van der Waals surface area contributed by atoms with Gasteiger partial charge < -0.3 is 10.1 Å². The monoisotopic (exact) mass is 233 g/mol. The molecule has 0 bridgehead atoms. The Hall–Kier alpha value is -1.02. The summed E-state index contributed by atoms with van der Waals surface area (Å²) in [4.78, 5) is 0. The summed E-state index contributed by atoms with van der Waals surface area (Å²) in [5.41, 5.74) is 2.70. The maximum atomic E-state index is 6.15. The van der Waals surface area contributed by atoms with Crippen molar-refractivity contribution in [3.63, 3.8) is 0 Å². The summed E-state index contributed by atoms with van der Waals surface area (Å²) in [7, 11) is 0. The summed E-state index contributed by atoms with van der Waals surface area (Å²) in [6, 6.07) is 6.53. The number of hydrogen-bond acceptors (Lipinski definition) is 2. The molecule has 1 fully saturated rings. The molecular weight excluding hydrogens is 210 g/mol. The number of ether oxygens (including phenoxy) is 1. The second-order valence-corrected chi connectivity index (χ2v) is 5.98. The highest BCUT2D eigenvalue weighted by Crippen LogP contribution is 2.33. The van der Waals surface area contributed by atoms with Gasteiger partial charge in [-0.05, 0) is 42.5 Å². The lowest BCUT2D eigenvalue weighted by Crippen LogP contribution is -2.22. The molecule has 0 aromatic heterocycles. The highest BCUT2D eigenvalue weighted by Gasteiger charge is 2.22. The molecular formula is C15H23NO. The van der Waals surface area contributed by atoms with Crippen molar-refractivity contribution in [2.24, 2.45) is 0 Å². The fourth-order valence-corrected chi connectivity index (χ4v) is 2.25. The summed E-state index contributed by atoms with van der Waals surface area (Å²) in [6.45, 7) is 10.9. The highest BCUT2D eigenvalue weighted by molar-refractivity contribution is 5.41. The molecule has 1 N–H and O–H groups in total. The zero-order valence-electron chi connectivity index (χ0n) is 11.3. The molecule has 2 rings (SSSR count). The molecule has 0 aliphatic carbocycles. The molecule has 1 atom stereocenters. The molecule has 94 valence electrons. The van der Waals surface area contributed by atoms with Crippen LogP contribution in [-0.4, -0.2) is 19.2 Å². The van der Waals surface area contributed by atoms with Gasteiger partial charge in [0.05, 0.1) is 0 Å². The molecule has 0 saturated carbocycles. The van der Waals surface area contributed by atoms with Crippen molar-refractivity contribution in [1.29, 1.82) is 0 Å². The van der Waals surface area contributed by atoms with Crippen LogP contribution < -0.4 is 10.1 Å². The van der Waals surface area contributed by atoms with Gasteiger partial charge in [-0.1, -0.05) is 32.9 Å². The van der Waals surface area contributed by atoms with E-state index in [0.29, 0.717) is 6.10 Å². The minimum absolute atomic E-state index is 0.134. The Balaban J connectivity index is 2.26. The average Bonchev–Trinajstić information content (AvgIpc) is 2.68. The molecule has 0 radical (unpaired) electrons. The quantitative estimate of drug-likeness (QED) is 0.847. The normalized spacial score (nSPS) is 20.6. The van der Waals surface area contributed by atoms with Crippen LogP contribution in [0.3, 0.4) is 0 Å². The summed E-state index contributed by atoms with van der Waals surface area (Å²) in [5, 5.41) is 3.34. The van der Waals surface area contributed by atoms with Crippen molar-refractivity contribution in [2.45, 2.75) is 45.6 Å². The van der Waals surface area contributed by atoms with E-state index in [-0.39, 0.29) is 5.41 Å². The Morgan fingerprint density at radius 3 is 2.65 bits per heavy atom. The van der Waals surface area contributed by atoms with Crippen LogP contribution >= 0.6 is 0 Å². The maximum absolute atomic E-state index is 6.15. The zero-order valence-corrected chi connectivity index (χ0v) is 11.3. The van der Waals surface area contributed by atoms with Gasteiger partial charge in [0.15, 0.2) is 0 Å². The molecule has 17 heavy (non-hydrogen) atoms. The molecule has 2 heteroatoms. The lowest BCUT2D eigenvalue weighted by Gasteiger charge is -2.25. The maximum Gasteiger partial charge on any atom is 0.123 e. The second kappa shape index (κ2) is 4.69. The first-order valence-corrected chi connectivity index (χ1v) is 6.45. The van der Waals surface area contributed by atoms with Crippen LogP contribution in [0.15, 0.2) is 18.2 Å². The van der Waals surface area contributed by atoms with Crippen molar-refractivity contribution in [3.05, 3.63) is 29.3 Å². The smallest absolute Gasteiger partial charge is 0.123 e. The number of nitrogens with one attached hydrogen (secondary N) is 1. The van der Waals surface area contributed by atoms with Crippen LogP contribution in [-0.2, 0) is 5.41 Å². The molecule has 1 aliphatic heterocycles. The molecule has 0 unspecified atom stereocenters. The third-order valence-electron chi connectivity index (χ3n) is 3.25. The third kappa shape index (κ3) is 3.01. The van der Waals surface area contributed by atoms with Crippen molar-refractivity contribution < 1.29 is 4.74 Å². The SMILES string of the molecule is Cc1ccc(C(C)(C)C)c(O[C@@H]2CCNC2)c1. The van der Waals surface area contributed by atoms with Gasteiger partial charge in [-0.15, -0.1) is 0 Å². The fourth-order valence-electron chi connectivity index (χ4n) is 2.25. The molecule has 1 heterocycles. The summed E-state index contributed by atoms with van der Waals surface area (Å²) in [6.07, 6.45) is 1.44. The van der Waals surface area contributed by atoms with Gasteiger partial charge in [-0.2, -0.15) is 0 Å². The van der Waals surface area contributed by atoms with Crippen LogP contribution in [0.5, 0.6) is 5.75 Å². The zero-order chi connectivity index (χ0) is 12.5. The van der Waals surface area contributed by atoms with Crippen LogP contribution in [0.4, 0.5) is 0 Å². The van der Waals surface area contributed by atoms with E-state index < -0.39 is 0 Å². The minimum atomic E-state index is 0.134. The first-order valence-electron chi connectivity index (χ1n) is 6.45. The van der Waals surface area contributed by atoms with Gasteiger partial charge in [-0.25, -0.2) is 0 Å². The fraction of sp³-hybridized carbons (Fsp3) is 0.600. The van der Waals surface area contributed by atoms with Crippen LogP contribution in [0, 0.1) is 6.92 Å². The Kier molecular flexibility index (Phi) is 3.43. The van der Waals surface area contributed by atoms with Gasteiger partial charge in [0.25, 0.3) is 0 Å². The number of benzene rings is 1. The predicted molar refractivity (Wildman–Crippen MR) is 71.8 cm³/mol. The lowest BCUT2D eigenvalue weighted by atomic mass is 9.86. The van der Waals surface area contributed by atoms with Crippen molar-refractivity contribution in [3.8, 4) is 5.75 Å². The van der Waals surface area contributed by atoms with E-state index in [1.54, 1.807) is 0 Å². The van der Waals surface area contributed by atoms with E-state index in [4.69, 9.17) is 4.74 Å². The van der Waals surface area contributed by atoms with E-state index in [1.165, 1.54) is 11.1 Å². The van der Waals surface area contributed by atoms with Crippen LogP contribution in [0.1, 0.15) is 38.3 Å². The summed E-state index contributed by atoms with van der Waals surface area (Å²) >= 11 is 0. The largest absolute Gasteiger partial charge is 0.489 e. The number of aryl methyl sites for hydroxylation is 1. The van der Waals surface area contributed by atoms with E-state index in [1.807, 2.05) is 0 Å². The molecule has 0 spiro atoms. The topological polar surface area (TPSA) is 21.3 Å². The van der Waals surface area contributed by atoms with Crippen LogP contribution in [0.2, 0.25) is 0 Å². The van der Waals surface area contributed by atoms with E-state index in [2.05, 4.69) is 51.2 Å². The van der Waals surface area contributed by atoms with E-state index in [0.717, 1.165) is 25.3 Å². The number of rotatable bonds is 2. The average molecular weight is 233 g/mol. The number of hydrogen-bond donors (Lipinski definition) is 1. The van der Waals surface area contributed by atoms with Crippen molar-refractivity contribution in [1.82, 2.24) is 5.32 Å². The van der Waals surface area contributed by atoms with Gasteiger partial charge in [0, 0.05) is 6.54 Å². The Bertz CT molecular complexity index is 386. The van der Waals surface area contributed by atoms with Gasteiger partial charge >= 0.3 is 0 Å². The minimum Gasteiger partial charge on any atom is -0.489 e.